The summed E-state index contributed by atoms with van der Waals surface area (Å²) >= 11 is 0. The third-order valence-electron chi connectivity index (χ3n) is 3.52. The van der Waals surface area contributed by atoms with Crippen molar-refractivity contribution in [2.75, 3.05) is 0 Å². The summed E-state index contributed by atoms with van der Waals surface area (Å²) in [4.78, 5) is 11.1. The Morgan fingerprint density at radius 3 is 2.05 bits per heavy atom. The number of phenolic OH excluding ortho intramolecular Hbond substituents is 1. The van der Waals surface area contributed by atoms with Crippen LogP contribution in [0.15, 0.2) is 29.4 Å². The number of benzene rings is 2. The lowest BCUT2D eigenvalue weighted by molar-refractivity contribution is 0.465. The van der Waals surface area contributed by atoms with Gasteiger partial charge in [-0.05, 0) is 55.1 Å². The van der Waals surface area contributed by atoms with Gasteiger partial charge < -0.3 is 5.11 Å². The second-order valence-corrected chi connectivity index (χ2v) is 5.45. The number of hydrogen-bond acceptors (Lipinski definition) is 3. The molecule has 0 aliphatic heterocycles. The summed E-state index contributed by atoms with van der Waals surface area (Å²) in [6.45, 7) is 7.75. The topological polar surface area (TPSA) is 49.7 Å². The Morgan fingerprint density at radius 1 is 0.900 bits per heavy atom. The average Bonchev–Trinajstić information content (AvgIpc) is 2.35. The number of nitroso groups, excluding NO2 is 1. The fourth-order valence-corrected chi connectivity index (χ4v) is 2.70. The van der Waals surface area contributed by atoms with Crippen LogP contribution < -0.4 is 0 Å². The largest absolute Gasteiger partial charge is 0.507 e. The Labute approximate surface area is 119 Å². The molecule has 0 atom stereocenters. The molecule has 0 saturated carbocycles. The van der Waals surface area contributed by atoms with Crippen LogP contribution in [0.5, 0.6) is 5.75 Å². The molecule has 3 nitrogen and oxygen atoms in total. The van der Waals surface area contributed by atoms with Gasteiger partial charge in [0.25, 0.3) is 0 Å². The van der Waals surface area contributed by atoms with Crippen LogP contribution in [0.1, 0.15) is 33.4 Å². The molecule has 2 rings (SSSR count). The van der Waals surface area contributed by atoms with E-state index in [0.717, 1.165) is 33.4 Å². The molecular formula is C17H19NO2. The van der Waals surface area contributed by atoms with E-state index in [4.69, 9.17) is 0 Å². The van der Waals surface area contributed by atoms with Gasteiger partial charge in [-0.15, -0.1) is 4.91 Å². The van der Waals surface area contributed by atoms with Crippen molar-refractivity contribution in [3.8, 4) is 5.75 Å². The van der Waals surface area contributed by atoms with Crippen molar-refractivity contribution in [2.24, 2.45) is 5.18 Å². The summed E-state index contributed by atoms with van der Waals surface area (Å²) in [6, 6.07) is 7.80. The summed E-state index contributed by atoms with van der Waals surface area (Å²) in [7, 11) is 0. The first-order chi connectivity index (χ1) is 9.42. The zero-order chi connectivity index (χ0) is 14.9. The first-order valence-corrected chi connectivity index (χ1v) is 6.65. The molecule has 0 bridgehead atoms. The van der Waals surface area contributed by atoms with E-state index >= 15 is 0 Å². The highest BCUT2D eigenvalue weighted by atomic mass is 16.3. The lowest BCUT2D eigenvalue weighted by Gasteiger charge is -2.12. The summed E-state index contributed by atoms with van der Waals surface area (Å²) < 4.78 is 0. The van der Waals surface area contributed by atoms with Gasteiger partial charge >= 0.3 is 0 Å². The number of hydrogen-bond donors (Lipinski definition) is 1. The van der Waals surface area contributed by atoms with Crippen molar-refractivity contribution in [2.45, 2.75) is 34.1 Å². The minimum absolute atomic E-state index is 0.298. The molecule has 1 N–H and O–H groups in total. The highest BCUT2D eigenvalue weighted by Crippen LogP contribution is 2.31. The maximum absolute atomic E-state index is 11.1. The van der Waals surface area contributed by atoms with E-state index in [0.29, 0.717) is 17.9 Å². The summed E-state index contributed by atoms with van der Waals surface area (Å²) in [5, 5.41) is 13.3. The lowest BCUT2D eigenvalue weighted by Crippen LogP contribution is -1.95. The second kappa shape index (κ2) is 5.45. The third kappa shape index (κ3) is 2.72. The van der Waals surface area contributed by atoms with E-state index in [1.807, 2.05) is 52.0 Å². The molecule has 0 aliphatic carbocycles. The number of phenols is 1. The minimum atomic E-state index is 0.298. The van der Waals surface area contributed by atoms with Crippen molar-refractivity contribution < 1.29 is 5.11 Å². The Hall–Kier alpha value is -2.16. The number of aryl methyl sites for hydroxylation is 4. The van der Waals surface area contributed by atoms with Crippen LogP contribution >= 0.6 is 0 Å². The van der Waals surface area contributed by atoms with Gasteiger partial charge in [-0.3, -0.25) is 0 Å². The van der Waals surface area contributed by atoms with Crippen LogP contribution in [0.3, 0.4) is 0 Å². The van der Waals surface area contributed by atoms with Crippen molar-refractivity contribution in [1.82, 2.24) is 0 Å². The molecule has 2 aromatic carbocycles. The highest BCUT2D eigenvalue weighted by molar-refractivity contribution is 5.57. The molecule has 0 spiro atoms. The average molecular weight is 269 g/mol. The normalized spacial score (nSPS) is 10.6. The van der Waals surface area contributed by atoms with Gasteiger partial charge in [0.1, 0.15) is 11.4 Å². The third-order valence-corrected chi connectivity index (χ3v) is 3.52. The number of nitrogens with zero attached hydrogens (tertiary/aromatic N) is 1. The van der Waals surface area contributed by atoms with Gasteiger partial charge in [-0.25, -0.2) is 0 Å². The lowest BCUT2D eigenvalue weighted by atomic mass is 9.95. The monoisotopic (exact) mass is 269 g/mol. The van der Waals surface area contributed by atoms with E-state index in [1.165, 1.54) is 0 Å². The van der Waals surface area contributed by atoms with E-state index in [-0.39, 0.29) is 0 Å². The van der Waals surface area contributed by atoms with Gasteiger partial charge in [-0.1, -0.05) is 35.4 Å². The SMILES string of the molecule is Cc1cc(C)c(O)c(Cc2cc(C)cc(C)c2N=O)c1. The van der Waals surface area contributed by atoms with Gasteiger partial charge in [-0.2, -0.15) is 0 Å². The van der Waals surface area contributed by atoms with Crippen molar-refractivity contribution in [1.29, 1.82) is 0 Å². The number of rotatable bonds is 3. The molecule has 20 heavy (non-hydrogen) atoms. The van der Waals surface area contributed by atoms with Gasteiger partial charge in [0.05, 0.1) is 0 Å². The standard InChI is InChI=1S/C17H19NO2/c1-10-5-12(3)16(18-20)14(7-10)9-15-8-11(2)6-13(4)17(15)19/h5-8,19H,9H2,1-4H3. The number of aromatic hydroxyl groups is 1. The molecule has 0 unspecified atom stereocenters. The van der Waals surface area contributed by atoms with Crippen LogP contribution in [0, 0.1) is 32.6 Å². The molecule has 0 amide bonds. The molecular weight excluding hydrogens is 250 g/mol. The fraction of sp³-hybridized carbons (Fsp3) is 0.294. The van der Waals surface area contributed by atoms with Gasteiger partial charge in [0, 0.05) is 6.42 Å². The van der Waals surface area contributed by atoms with Crippen LogP contribution in [-0.2, 0) is 6.42 Å². The van der Waals surface area contributed by atoms with Crippen molar-refractivity contribution >= 4 is 5.69 Å². The smallest absolute Gasteiger partial charge is 0.122 e. The maximum atomic E-state index is 11.1. The maximum Gasteiger partial charge on any atom is 0.122 e. The van der Waals surface area contributed by atoms with E-state index in [9.17, 15) is 10.0 Å². The molecule has 104 valence electrons. The van der Waals surface area contributed by atoms with Crippen molar-refractivity contribution in [3.63, 3.8) is 0 Å². The van der Waals surface area contributed by atoms with Gasteiger partial charge in [0.2, 0.25) is 0 Å². The molecule has 2 aromatic rings. The minimum Gasteiger partial charge on any atom is -0.507 e. The Kier molecular flexibility index (Phi) is 3.89. The highest BCUT2D eigenvalue weighted by Gasteiger charge is 2.12. The molecule has 0 aliphatic rings. The summed E-state index contributed by atoms with van der Waals surface area (Å²) in [5.74, 6) is 0.298. The molecule has 0 aromatic heterocycles. The van der Waals surface area contributed by atoms with E-state index < -0.39 is 0 Å². The van der Waals surface area contributed by atoms with E-state index in [1.54, 1.807) is 0 Å². The van der Waals surface area contributed by atoms with Crippen LogP contribution in [0.25, 0.3) is 0 Å². The first-order valence-electron chi connectivity index (χ1n) is 6.65. The molecule has 0 heterocycles. The van der Waals surface area contributed by atoms with Gasteiger partial charge in [0.15, 0.2) is 0 Å². The van der Waals surface area contributed by atoms with Crippen LogP contribution in [0.4, 0.5) is 5.69 Å². The molecule has 0 saturated heterocycles. The first kappa shape index (κ1) is 14.3. The van der Waals surface area contributed by atoms with Crippen molar-refractivity contribution in [3.05, 3.63) is 62.6 Å². The quantitative estimate of drug-likeness (QED) is 0.827. The predicted molar refractivity (Wildman–Crippen MR) is 81.8 cm³/mol. The van der Waals surface area contributed by atoms with Crippen LogP contribution in [-0.4, -0.2) is 5.11 Å². The predicted octanol–water partition coefficient (Wildman–Crippen LogP) is 4.61. The molecule has 0 fully saturated rings. The van der Waals surface area contributed by atoms with E-state index in [2.05, 4.69) is 5.18 Å². The molecule has 0 radical (unpaired) electrons. The second-order valence-electron chi connectivity index (χ2n) is 5.45. The zero-order valence-electron chi connectivity index (χ0n) is 12.3. The molecule has 3 heteroatoms. The zero-order valence-corrected chi connectivity index (χ0v) is 12.3. The summed E-state index contributed by atoms with van der Waals surface area (Å²) in [6.07, 6.45) is 0.512. The summed E-state index contributed by atoms with van der Waals surface area (Å²) in [5.41, 5.74) is 6.09. The van der Waals surface area contributed by atoms with Crippen LogP contribution in [0.2, 0.25) is 0 Å². The Morgan fingerprint density at radius 2 is 1.45 bits per heavy atom. The Bertz CT molecular complexity index is 675. The Balaban J connectivity index is 2.52. The fourth-order valence-electron chi connectivity index (χ4n) is 2.70.